The molecule has 0 spiro atoms. The van der Waals surface area contributed by atoms with Gasteiger partial charge in [0.15, 0.2) is 35.0 Å². The maximum absolute atomic E-state index is 12.2. The number of aromatic nitrogens is 4. The molecule has 4 heterocycles. The summed E-state index contributed by atoms with van der Waals surface area (Å²) in [6.45, 7) is 2.14. The highest BCUT2D eigenvalue weighted by Gasteiger charge is 2.31. The van der Waals surface area contributed by atoms with Crippen molar-refractivity contribution in [2.24, 2.45) is 5.92 Å². The van der Waals surface area contributed by atoms with Crippen LogP contribution in [0.4, 0.5) is 5.82 Å². The molecular formula is C23H25BrN6O4S. The molecule has 0 saturated carbocycles. The normalized spacial score (nSPS) is 21.5. The van der Waals surface area contributed by atoms with Gasteiger partial charge in [0.25, 0.3) is 5.91 Å². The van der Waals surface area contributed by atoms with E-state index in [-0.39, 0.29) is 12.9 Å². The second-order valence-electron chi connectivity index (χ2n) is 8.65. The summed E-state index contributed by atoms with van der Waals surface area (Å²) in [5.41, 5.74) is 7.40. The van der Waals surface area contributed by atoms with Gasteiger partial charge in [-0.3, -0.25) is 4.79 Å². The van der Waals surface area contributed by atoms with Crippen molar-refractivity contribution < 1.29 is 19.4 Å². The summed E-state index contributed by atoms with van der Waals surface area (Å²) in [5, 5.41) is 10.4. The second kappa shape index (κ2) is 10.2. The number of nitrogens with two attached hydrogens (primary N) is 1. The average molecular weight is 561 g/mol. The number of imidazole rings is 1. The van der Waals surface area contributed by atoms with Crippen LogP contribution in [-0.4, -0.2) is 67.5 Å². The molecule has 1 amide bonds. The number of piperidine rings is 1. The van der Waals surface area contributed by atoms with Crippen LogP contribution in [0.25, 0.3) is 11.2 Å². The quantitative estimate of drug-likeness (QED) is 0.511. The molecule has 2 atom stereocenters. The Labute approximate surface area is 215 Å². The number of allylic oxidation sites excluding steroid dienone is 2. The third-order valence-electron chi connectivity index (χ3n) is 6.54. The van der Waals surface area contributed by atoms with Gasteiger partial charge in [-0.1, -0.05) is 17.7 Å². The fraction of sp³-hybridized carbons (Fsp3) is 0.478. The third kappa shape index (κ3) is 4.91. The van der Waals surface area contributed by atoms with Crippen LogP contribution in [0.1, 0.15) is 25.7 Å². The maximum Gasteiger partial charge on any atom is 0.263 e. The standard InChI is InChI=1S/C23H25BrN6O4S/c1-2-15(31)22(32)29-6-3-13(4-7-29)5-8-30-21-19(20(25)26-11-27-21)28-23(30)35-18-10-17-16(9-14(18)24)33-12-34-17/h1,9,11,13,15,17,31H,3-8,10,12H2,(H2,25,26,27)/t15-,17?/m0/s1. The van der Waals surface area contributed by atoms with Gasteiger partial charge in [0.2, 0.25) is 0 Å². The van der Waals surface area contributed by atoms with E-state index in [4.69, 9.17) is 26.6 Å². The van der Waals surface area contributed by atoms with E-state index in [1.807, 2.05) is 6.08 Å². The number of anilines is 1. The highest BCUT2D eigenvalue weighted by atomic mass is 79.9. The van der Waals surface area contributed by atoms with Gasteiger partial charge in [-0.05, 0) is 47.2 Å². The minimum absolute atomic E-state index is 0.0811. The molecule has 2 fully saturated rings. The van der Waals surface area contributed by atoms with Crippen molar-refractivity contribution in [1.82, 2.24) is 24.4 Å². The first-order chi connectivity index (χ1) is 16.9. The summed E-state index contributed by atoms with van der Waals surface area (Å²) in [7, 11) is 0. The van der Waals surface area contributed by atoms with Crippen LogP contribution in [0.3, 0.4) is 0 Å². The van der Waals surface area contributed by atoms with Crippen molar-refractivity contribution in [3.8, 4) is 12.3 Å². The van der Waals surface area contributed by atoms with E-state index < -0.39 is 12.0 Å². The van der Waals surface area contributed by atoms with Crippen LogP contribution < -0.4 is 5.73 Å². The molecule has 10 nitrogen and oxygen atoms in total. The van der Waals surface area contributed by atoms with Gasteiger partial charge in [-0.2, -0.15) is 0 Å². The van der Waals surface area contributed by atoms with Crippen LogP contribution in [0.2, 0.25) is 0 Å². The molecule has 3 N–H and O–H groups in total. The SMILES string of the molecule is C#C[C@H](O)C(=O)N1CCC(CCn2c(SC3=C(Br)C=C4OCOC4C3)nc3c(N)ncnc32)CC1. The lowest BCUT2D eigenvalue weighted by molar-refractivity contribution is -0.138. The molecule has 12 heteroatoms. The van der Waals surface area contributed by atoms with Crippen LogP contribution in [-0.2, 0) is 20.8 Å². The summed E-state index contributed by atoms with van der Waals surface area (Å²) < 4.78 is 14.2. The first-order valence-electron chi connectivity index (χ1n) is 11.4. The van der Waals surface area contributed by atoms with Gasteiger partial charge < -0.3 is 29.8 Å². The molecule has 3 aliphatic rings. The first kappa shape index (κ1) is 24.1. The lowest BCUT2D eigenvalue weighted by Gasteiger charge is -2.32. The molecule has 35 heavy (non-hydrogen) atoms. The van der Waals surface area contributed by atoms with Gasteiger partial charge >= 0.3 is 0 Å². The number of amides is 1. The Bertz CT molecular complexity index is 1250. The Hall–Kier alpha value is -2.59. The van der Waals surface area contributed by atoms with E-state index in [1.165, 1.54) is 6.33 Å². The fourth-order valence-corrected chi connectivity index (χ4v) is 6.20. The molecule has 2 aromatic heterocycles. The molecule has 1 unspecified atom stereocenters. The van der Waals surface area contributed by atoms with Crippen molar-refractivity contribution >= 4 is 50.6 Å². The van der Waals surface area contributed by atoms with Gasteiger partial charge in [0.05, 0.1) is 0 Å². The number of rotatable bonds is 6. The van der Waals surface area contributed by atoms with Gasteiger partial charge in [-0.25, -0.2) is 15.0 Å². The van der Waals surface area contributed by atoms with Gasteiger partial charge in [-0.15, -0.1) is 6.42 Å². The molecule has 0 radical (unpaired) electrons. The Kier molecular flexibility index (Phi) is 7.02. The van der Waals surface area contributed by atoms with E-state index in [0.717, 1.165) is 39.6 Å². The van der Waals surface area contributed by atoms with Crippen molar-refractivity contribution in [3.05, 3.63) is 27.6 Å². The number of carbonyl (C=O) groups excluding carboxylic acids is 1. The molecule has 2 saturated heterocycles. The predicted molar refractivity (Wildman–Crippen MR) is 134 cm³/mol. The Balaban J connectivity index is 1.32. The number of aliphatic hydroxyl groups is 1. The number of halogens is 1. The minimum Gasteiger partial charge on any atom is -0.469 e. The number of aryl methyl sites for hydroxylation is 1. The van der Waals surface area contributed by atoms with E-state index >= 15 is 0 Å². The van der Waals surface area contributed by atoms with Crippen molar-refractivity contribution in [1.29, 1.82) is 0 Å². The number of aliphatic hydroxyl groups excluding tert-OH is 1. The lowest BCUT2D eigenvalue weighted by atomic mass is 9.93. The molecular weight excluding hydrogens is 536 g/mol. The van der Waals surface area contributed by atoms with Crippen LogP contribution in [0.5, 0.6) is 0 Å². The number of fused-ring (bicyclic) bond motifs is 2. The number of hydrogen-bond acceptors (Lipinski definition) is 9. The topological polar surface area (TPSA) is 129 Å². The van der Waals surface area contributed by atoms with Gasteiger partial charge in [0, 0.05) is 35.4 Å². The summed E-state index contributed by atoms with van der Waals surface area (Å²) in [4.78, 5) is 28.2. The number of hydrogen-bond donors (Lipinski definition) is 2. The molecule has 2 aliphatic heterocycles. The van der Waals surface area contributed by atoms with Crippen LogP contribution in [0.15, 0.2) is 32.7 Å². The van der Waals surface area contributed by atoms with Gasteiger partial charge in [0.1, 0.15) is 18.2 Å². The fourth-order valence-electron chi connectivity index (χ4n) is 4.54. The number of carbonyl (C=O) groups is 1. The Morgan fingerprint density at radius 2 is 2.20 bits per heavy atom. The Morgan fingerprint density at radius 1 is 1.40 bits per heavy atom. The summed E-state index contributed by atoms with van der Waals surface area (Å²) in [5.74, 6) is 3.31. The van der Waals surface area contributed by atoms with E-state index in [1.54, 1.807) is 16.7 Å². The highest BCUT2D eigenvalue weighted by Crippen LogP contribution is 2.42. The zero-order valence-corrected chi connectivity index (χ0v) is 21.3. The molecule has 2 aromatic rings. The number of terminal acetylenes is 1. The lowest BCUT2D eigenvalue weighted by Crippen LogP contribution is -2.43. The number of ether oxygens (including phenoxy) is 2. The van der Waals surface area contributed by atoms with Crippen molar-refractivity contribution in [3.63, 3.8) is 0 Å². The van der Waals surface area contributed by atoms with Crippen LogP contribution in [0, 0.1) is 18.3 Å². The monoisotopic (exact) mass is 560 g/mol. The molecule has 1 aliphatic carbocycles. The number of nitrogen functional groups attached to an aromatic ring is 1. The molecule has 5 rings (SSSR count). The van der Waals surface area contributed by atoms with Crippen LogP contribution >= 0.6 is 27.7 Å². The largest absolute Gasteiger partial charge is 0.469 e. The van der Waals surface area contributed by atoms with E-state index in [0.29, 0.717) is 49.0 Å². The zero-order valence-electron chi connectivity index (χ0n) is 18.9. The summed E-state index contributed by atoms with van der Waals surface area (Å²) in [6, 6.07) is 0. The second-order valence-corrected chi connectivity index (χ2v) is 10.6. The third-order valence-corrected chi connectivity index (χ3v) is 8.63. The summed E-state index contributed by atoms with van der Waals surface area (Å²) >= 11 is 5.22. The smallest absolute Gasteiger partial charge is 0.263 e. The number of nitrogens with zero attached hydrogens (tertiary/aromatic N) is 5. The number of thioether (sulfide) groups is 1. The Morgan fingerprint density at radius 3 is 2.97 bits per heavy atom. The highest BCUT2D eigenvalue weighted by molar-refractivity contribution is 9.12. The van der Waals surface area contributed by atoms with Crippen molar-refractivity contribution in [2.75, 3.05) is 25.6 Å². The molecule has 184 valence electrons. The van der Waals surface area contributed by atoms with E-state index in [9.17, 15) is 9.90 Å². The summed E-state index contributed by atoms with van der Waals surface area (Å²) in [6.07, 6.45) is 10.4. The minimum atomic E-state index is -1.37. The van der Waals surface area contributed by atoms with E-state index in [2.05, 4.69) is 36.4 Å². The van der Waals surface area contributed by atoms with Crippen molar-refractivity contribution in [2.45, 2.75) is 49.6 Å². The first-order valence-corrected chi connectivity index (χ1v) is 13.0. The molecule has 0 bridgehead atoms. The molecule has 0 aromatic carbocycles. The number of likely N-dealkylation sites (tertiary alicyclic amines) is 1. The predicted octanol–water partition coefficient (Wildman–Crippen LogP) is 2.39. The maximum atomic E-state index is 12.2. The zero-order chi connectivity index (χ0) is 24.5. The average Bonchev–Trinajstić information content (AvgIpc) is 3.47.